The molecule has 0 unspecified atom stereocenters. The van der Waals surface area contributed by atoms with Crippen LogP contribution in [0.25, 0.3) is 22.6 Å². The Morgan fingerprint density at radius 1 is 1.05 bits per heavy atom. The van der Waals surface area contributed by atoms with Crippen molar-refractivity contribution in [3.63, 3.8) is 0 Å². The van der Waals surface area contributed by atoms with E-state index in [0.717, 1.165) is 22.4 Å². The van der Waals surface area contributed by atoms with Crippen molar-refractivity contribution in [1.29, 1.82) is 0 Å². The van der Waals surface area contributed by atoms with Crippen LogP contribution in [-0.4, -0.2) is 12.1 Å². The number of hydrogen-bond donors (Lipinski definition) is 0. The maximum Gasteiger partial charge on any atom is 0.231 e. The lowest BCUT2D eigenvalue weighted by molar-refractivity contribution is 0.414. The van der Waals surface area contributed by atoms with Gasteiger partial charge in [-0.15, -0.1) is 0 Å². The number of rotatable bonds is 2. The lowest BCUT2D eigenvalue weighted by Crippen LogP contribution is -2.10. The van der Waals surface area contributed by atoms with Crippen molar-refractivity contribution in [2.75, 3.05) is 7.11 Å². The molecule has 1 heterocycles. The second-order valence-corrected chi connectivity index (χ2v) is 6.15. The Kier molecular flexibility index (Phi) is 3.20. The fourth-order valence-electron chi connectivity index (χ4n) is 2.33. The molecule has 3 nitrogen and oxygen atoms in total. The SMILES string of the molecule is COc1ccccc1-c1nc2cc(C(C)(C)C)ccc2o1. The van der Waals surface area contributed by atoms with Crippen LogP contribution in [-0.2, 0) is 5.41 Å². The molecule has 0 amide bonds. The molecule has 0 bridgehead atoms. The summed E-state index contributed by atoms with van der Waals surface area (Å²) in [5.41, 5.74) is 3.88. The second kappa shape index (κ2) is 4.92. The van der Waals surface area contributed by atoms with Gasteiger partial charge in [0.1, 0.15) is 11.3 Å². The molecule has 0 aliphatic rings. The molecule has 0 N–H and O–H groups in total. The highest BCUT2D eigenvalue weighted by atomic mass is 16.5. The van der Waals surface area contributed by atoms with Crippen LogP contribution in [0.2, 0.25) is 0 Å². The van der Waals surface area contributed by atoms with E-state index in [1.54, 1.807) is 7.11 Å². The van der Waals surface area contributed by atoms with E-state index in [1.165, 1.54) is 5.56 Å². The number of hydrogen-bond acceptors (Lipinski definition) is 3. The number of nitrogens with zero attached hydrogens (tertiary/aromatic N) is 1. The summed E-state index contributed by atoms with van der Waals surface area (Å²) in [5.74, 6) is 1.36. The maximum absolute atomic E-state index is 5.87. The molecule has 0 aliphatic carbocycles. The predicted molar refractivity (Wildman–Crippen MR) is 84.7 cm³/mol. The number of methoxy groups -OCH3 is 1. The van der Waals surface area contributed by atoms with Crippen LogP contribution in [0.1, 0.15) is 26.3 Å². The van der Waals surface area contributed by atoms with Crippen molar-refractivity contribution in [1.82, 2.24) is 4.98 Å². The van der Waals surface area contributed by atoms with Gasteiger partial charge in [-0.2, -0.15) is 0 Å². The lowest BCUT2D eigenvalue weighted by Gasteiger charge is -2.18. The van der Waals surface area contributed by atoms with Gasteiger partial charge in [0.25, 0.3) is 0 Å². The number of aromatic nitrogens is 1. The Balaban J connectivity index is 2.13. The Morgan fingerprint density at radius 2 is 1.81 bits per heavy atom. The summed E-state index contributed by atoms with van der Waals surface area (Å²) in [6.45, 7) is 6.57. The van der Waals surface area contributed by atoms with Gasteiger partial charge < -0.3 is 9.15 Å². The van der Waals surface area contributed by atoms with Crippen LogP contribution in [0.4, 0.5) is 0 Å². The average molecular weight is 281 g/mol. The summed E-state index contributed by atoms with van der Waals surface area (Å²) in [6.07, 6.45) is 0. The van der Waals surface area contributed by atoms with E-state index < -0.39 is 0 Å². The zero-order valence-corrected chi connectivity index (χ0v) is 12.8. The van der Waals surface area contributed by atoms with E-state index in [0.29, 0.717) is 5.89 Å². The van der Waals surface area contributed by atoms with Gasteiger partial charge in [0.05, 0.1) is 12.7 Å². The molecule has 0 aliphatic heterocycles. The van der Waals surface area contributed by atoms with Gasteiger partial charge in [0.15, 0.2) is 5.58 Å². The molecule has 2 aromatic carbocycles. The molecule has 3 aromatic rings. The highest BCUT2D eigenvalue weighted by Crippen LogP contribution is 2.33. The van der Waals surface area contributed by atoms with Gasteiger partial charge in [-0.3, -0.25) is 0 Å². The smallest absolute Gasteiger partial charge is 0.231 e. The second-order valence-electron chi connectivity index (χ2n) is 6.15. The van der Waals surface area contributed by atoms with Gasteiger partial charge in [-0.1, -0.05) is 39.0 Å². The maximum atomic E-state index is 5.87. The van der Waals surface area contributed by atoms with Gasteiger partial charge in [-0.25, -0.2) is 4.98 Å². The number of para-hydroxylation sites is 1. The quantitative estimate of drug-likeness (QED) is 0.676. The van der Waals surface area contributed by atoms with Crippen LogP contribution >= 0.6 is 0 Å². The topological polar surface area (TPSA) is 35.3 Å². The molecule has 0 radical (unpaired) electrons. The number of fused-ring (bicyclic) bond motifs is 1. The van der Waals surface area contributed by atoms with Crippen LogP contribution in [0, 0.1) is 0 Å². The fraction of sp³-hybridized carbons (Fsp3) is 0.278. The summed E-state index contributed by atoms with van der Waals surface area (Å²) < 4.78 is 11.2. The van der Waals surface area contributed by atoms with Crippen molar-refractivity contribution in [3.05, 3.63) is 48.0 Å². The molecule has 0 saturated carbocycles. The summed E-state index contributed by atoms with van der Waals surface area (Å²) in [7, 11) is 1.65. The molecule has 0 fully saturated rings. The highest BCUT2D eigenvalue weighted by Gasteiger charge is 2.17. The van der Waals surface area contributed by atoms with Gasteiger partial charge >= 0.3 is 0 Å². The zero-order valence-electron chi connectivity index (χ0n) is 12.8. The third-order valence-electron chi connectivity index (χ3n) is 3.59. The number of benzene rings is 2. The molecular formula is C18H19NO2. The monoisotopic (exact) mass is 281 g/mol. The first-order valence-corrected chi connectivity index (χ1v) is 7.03. The minimum absolute atomic E-state index is 0.0950. The van der Waals surface area contributed by atoms with Gasteiger partial charge in [-0.05, 0) is 35.2 Å². The van der Waals surface area contributed by atoms with E-state index in [2.05, 4.69) is 37.9 Å². The van der Waals surface area contributed by atoms with Crippen LogP contribution < -0.4 is 4.74 Å². The Hall–Kier alpha value is -2.29. The molecule has 0 spiro atoms. The Morgan fingerprint density at radius 3 is 2.52 bits per heavy atom. The summed E-state index contributed by atoms with van der Waals surface area (Å²) >= 11 is 0. The highest BCUT2D eigenvalue weighted by molar-refractivity contribution is 5.78. The van der Waals surface area contributed by atoms with E-state index in [1.807, 2.05) is 30.3 Å². The van der Waals surface area contributed by atoms with E-state index >= 15 is 0 Å². The standard InChI is InChI=1S/C18H19NO2/c1-18(2,3)12-9-10-16-14(11-12)19-17(21-16)13-7-5-6-8-15(13)20-4/h5-11H,1-4H3. The first kappa shape index (κ1) is 13.7. The van der Waals surface area contributed by atoms with Crippen LogP contribution in [0.3, 0.4) is 0 Å². The summed E-state index contributed by atoms with van der Waals surface area (Å²) in [4.78, 5) is 4.62. The molecular weight excluding hydrogens is 262 g/mol. The first-order valence-electron chi connectivity index (χ1n) is 7.03. The van der Waals surface area contributed by atoms with Crippen LogP contribution in [0.15, 0.2) is 46.9 Å². The normalized spacial score (nSPS) is 11.8. The molecule has 3 heteroatoms. The largest absolute Gasteiger partial charge is 0.496 e. The van der Waals surface area contributed by atoms with E-state index in [-0.39, 0.29) is 5.41 Å². The predicted octanol–water partition coefficient (Wildman–Crippen LogP) is 4.80. The Labute approximate surface area is 124 Å². The minimum Gasteiger partial charge on any atom is -0.496 e. The zero-order chi connectivity index (χ0) is 15.0. The molecule has 108 valence electrons. The Bertz CT molecular complexity index is 781. The third-order valence-corrected chi connectivity index (χ3v) is 3.59. The van der Waals surface area contributed by atoms with Gasteiger partial charge in [0, 0.05) is 0 Å². The summed E-state index contributed by atoms with van der Waals surface area (Å²) in [5, 5.41) is 0. The third kappa shape index (κ3) is 2.51. The number of ether oxygens (including phenoxy) is 1. The molecule has 1 aromatic heterocycles. The van der Waals surface area contributed by atoms with E-state index in [9.17, 15) is 0 Å². The minimum atomic E-state index is 0.0950. The average Bonchev–Trinajstić information content (AvgIpc) is 2.89. The molecule has 0 saturated heterocycles. The van der Waals surface area contributed by atoms with E-state index in [4.69, 9.17) is 9.15 Å². The van der Waals surface area contributed by atoms with Crippen LogP contribution in [0.5, 0.6) is 5.75 Å². The van der Waals surface area contributed by atoms with Crippen molar-refractivity contribution < 1.29 is 9.15 Å². The number of oxazole rings is 1. The molecule has 0 atom stereocenters. The lowest BCUT2D eigenvalue weighted by atomic mass is 9.87. The van der Waals surface area contributed by atoms with Crippen molar-refractivity contribution in [2.45, 2.75) is 26.2 Å². The molecule has 21 heavy (non-hydrogen) atoms. The molecule has 3 rings (SSSR count). The first-order chi connectivity index (χ1) is 9.99. The van der Waals surface area contributed by atoms with Crippen molar-refractivity contribution in [2.24, 2.45) is 0 Å². The van der Waals surface area contributed by atoms with Gasteiger partial charge in [0.2, 0.25) is 5.89 Å². The fourth-order valence-corrected chi connectivity index (χ4v) is 2.33. The van der Waals surface area contributed by atoms with Crippen molar-refractivity contribution >= 4 is 11.1 Å². The van der Waals surface area contributed by atoms with Crippen molar-refractivity contribution in [3.8, 4) is 17.2 Å². The summed E-state index contributed by atoms with van der Waals surface area (Å²) in [6, 6.07) is 13.9.